The van der Waals surface area contributed by atoms with Gasteiger partial charge in [-0.2, -0.15) is 0 Å². The minimum Gasteiger partial charge on any atom is -0.326 e. The number of anilines is 1. The van der Waals surface area contributed by atoms with Crippen LogP contribution in [-0.4, -0.2) is 11.8 Å². The smallest absolute Gasteiger partial charge is 0.224 e. The molecule has 1 atom stereocenters. The monoisotopic (exact) mass is 267 g/mol. The lowest BCUT2D eigenvalue weighted by Gasteiger charge is -2.10. The summed E-state index contributed by atoms with van der Waals surface area (Å²) >= 11 is 5.68. The molecule has 1 N–H and O–H groups in total. The molecule has 2 nitrogen and oxygen atoms in total. The van der Waals surface area contributed by atoms with Gasteiger partial charge in [-0.05, 0) is 36.5 Å². The topological polar surface area (TPSA) is 29.1 Å². The summed E-state index contributed by atoms with van der Waals surface area (Å²) in [7, 11) is 0. The van der Waals surface area contributed by atoms with Crippen molar-refractivity contribution in [1.29, 1.82) is 0 Å². The maximum Gasteiger partial charge on any atom is 0.224 e. The number of alkyl halides is 1. The van der Waals surface area contributed by atoms with Gasteiger partial charge in [0.15, 0.2) is 0 Å². The Labute approximate surface area is 115 Å². The van der Waals surface area contributed by atoms with Gasteiger partial charge in [-0.15, -0.1) is 11.6 Å². The lowest BCUT2D eigenvalue weighted by molar-refractivity contribution is -0.117. The highest BCUT2D eigenvalue weighted by Gasteiger charge is 2.07. The van der Waals surface area contributed by atoms with Crippen molar-refractivity contribution in [1.82, 2.24) is 0 Å². The number of benzene rings is 1. The Morgan fingerprint density at radius 3 is 2.89 bits per heavy atom. The Morgan fingerprint density at radius 2 is 2.22 bits per heavy atom. The number of nitrogens with one attached hydrogen (secondary N) is 1. The molecule has 100 valence electrons. The summed E-state index contributed by atoms with van der Waals surface area (Å²) in [5.74, 6) is 1.20. The molecule has 0 spiro atoms. The first-order chi connectivity index (χ1) is 8.65. The summed E-state index contributed by atoms with van der Waals surface area (Å²) in [5.41, 5.74) is 2.10. The summed E-state index contributed by atoms with van der Waals surface area (Å²) in [6.45, 7) is 4.20. The summed E-state index contributed by atoms with van der Waals surface area (Å²) in [4.78, 5) is 11.8. The van der Waals surface area contributed by atoms with Crippen molar-refractivity contribution >= 4 is 23.2 Å². The number of hydrogen-bond donors (Lipinski definition) is 1. The van der Waals surface area contributed by atoms with Crippen LogP contribution in [0, 0.1) is 5.92 Å². The van der Waals surface area contributed by atoms with Gasteiger partial charge in [-0.1, -0.05) is 32.4 Å². The van der Waals surface area contributed by atoms with Crippen molar-refractivity contribution in [2.45, 2.75) is 39.5 Å². The van der Waals surface area contributed by atoms with Gasteiger partial charge in [0.1, 0.15) is 0 Å². The molecule has 0 saturated carbocycles. The maximum absolute atomic E-state index is 11.8. The second-order valence-corrected chi connectivity index (χ2v) is 5.14. The van der Waals surface area contributed by atoms with Crippen LogP contribution >= 0.6 is 11.6 Å². The van der Waals surface area contributed by atoms with Crippen molar-refractivity contribution in [3.8, 4) is 0 Å². The number of amides is 1. The molecule has 3 heteroatoms. The van der Waals surface area contributed by atoms with Crippen LogP contribution in [0.4, 0.5) is 5.69 Å². The predicted octanol–water partition coefficient (Wildman–Crippen LogP) is 4.23. The average Bonchev–Trinajstić information content (AvgIpc) is 2.36. The number of aryl methyl sites for hydroxylation is 1. The van der Waals surface area contributed by atoms with Gasteiger partial charge in [0.25, 0.3) is 0 Å². The second-order valence-electron chi connectivity index (χ2n) is 4.76. The van der Waals surface area contributed by atoms with Crippen LogP contribution in [0.3, 0.4) is 0 Å². The normalized spacial score (nSPS) is 12.2. The molecule has 0 saturated heterocycles. The van der Waals surface area contributed by atoms with Gasteiger partial charge in [0, 0.05) is 18.0 Å². The van der Waals surface area contributed by atoms with Crippen LogP contribution in [0.2, 0.25) is 0 Å². The molecule has 0 heterocycles. The first-order valence-corrected chi connectivity index (χ1v) is 7.14. The lowest BCUT2D eigenvalue weighted by atomic mass is 10.0. The SMILES string of the molecule is CCC(C)CC(=O)Nc1cccc(CCCCl)c1. The van der Waals surface area contributed by atoms with E-state index in [1.807, 2.05) is 18.2 Å². The molecule has 0 aliphatic carbocycles. The first kappa shape index (κ1) is 15.0. The first-order valence-electron chi connectivity index (χ1n) is 6.60. The van der Waals surface area contributed by atoms with Crippen LogP contribution in [0.1, 0.15) is 38.7 Å². The second kappa shape index (κ2) is 8.15. The van der Waals surface area contributed by atoms with E-state index in [9.17, 15) is 4.79 Å². The van der Waals surface area contributed by atoms with E-state index in [1.54, 1.807) is 0 Å². The van der Waals surface area contributed by atoms with E-state index < -0.39 is 0 Å². The zero-order valence-electron chi connectivity index (χ0n) is 11.2. The van der Waals surface area contributed by atoms with Gasteiger partial charge in [-0.3, -0.25) is 4.79 Å². The maximum atomic E-state index is 11.8. The fourth-order valence-corrected chi connectivity index (χ4v) is 1.88. The molecule has 0 bridgehead atoms. The Bertz CT molecular complexity index is 379. The number of halogens is 1. The van der Waals surface area contributed by atoms with Crippen LogP contribution in [-0.2, 0) is 11.2 Å². The lowest BCUT2D eigenvalue weighted by Crippen LogP contribution is -2.14. The molecular formula is C15H22ClNO. The van der Waals surface area contributed by atoms with Gasteiger partial charge in [0.2, 0.25) is 5.91 Å². The summed E-state index contributed by atoms with van der Waals surface area (Å²) in [6.07, 6.45) is 3.54. The fourth-order valence-electron chi connectivity index (χ4n) is 1.75. The van der Waals surface area contributed by atoms with E-state index in [-0.39, 0.29) is 5.91 Å². The largest absolute Gasteiger partial charge is 0.326 e. The van der Waals surface area contributed by atoms with Crippen molar-refractivity contribution in [2.75, 3.05) is 11.2 Å². The van der Waals surface area contributed by atoms with Gasteiger partial charge < -0.3 is 5.32 Å². The van der Waals surface area contributed by atoms with Crippen molar-refractivity contribution in [2.24, 2.45) is 5.92 Å². The average molecular weight is 268 g/mol. The Morgan fingerprint density at radius 1 is 1.44 bits per heavy atom. The predicted molar refractivity (Wildman–Crippen MR) is 78.2 cm³/mol. The molecule has 0 aromatic heterocycles. The molecule has 0 aliphatic rings. The molecule has 0 fully saturated rings. The molecule has 0 aliphatic heterocycles. The number of rotatable bonds is 7. The van der Waals surface area contributed by atoms with Crippen LogP contribution in [0.5, 0.6) is 0 Å². The van der Waals surface area contributed by atoms with E-state index in [4.69, 9.17) is 11.6 Å². The fraction of sp³-hybridized carbons (Fsp3) is 0.533. The Kier molecular flexibility index (Phi) is 6.81. The van der Waals surface area contributed by atoms with Crippen molar-refractivity contribution in [3.05, 3.63) is 29.8 Å². The highest BCUT2D eigenvalue weighted by Crippen LogP contribution is 2.14. The molecule has 1 aromatic carbocycles. The molecule has 1 amide bonds. The van der Waals surface area contributed by atoms with Crippen molar-refractivity contribution in [3.63, 3.8) is 0 Å². The zero-order valence-corrected chi connectivity index (χ0v) is 12.0. The number of carbonyl (C=O) groups excluding carboxylic acids is 1. The van der Waals surface area contributed by atoms with Crippen molar-refractivity contribution < 1.29 is 4.79 Å². The highest BCUT2D eigenvalue weighted by molar-refractivity contribution is 6.17. The van der Waals surface area contributed by atoms with Crippen LogP contribution in [0.25, 0.3) is 0 Å². The summed E-state index contributed by atoms with van der Waals surface area (Å²) in [5, 5.41) is 2.95. The third kappa shape index (κ3) is 5.54. The Hall–Kier alpha value is -1.02. The quantitative estimate of drug-likeness (QED) is 0.736. The van der Waals surface area contributed by atoms with Gasteiger partial charge in [0.05, 0.1) is 0 Å². The minimum atomic E-state index is 0.0962. The summed E-state index contributed by atoms with van der Waals surface area (Å²) in [6, 6.07) is 8.00. The Balaban J connectivity index is 2.53. The number of carbonyl (C=O) groups is 1. The van der Waals surface area contributed by atoms with E-state index in [1.165, 1.54) is 5.56 Å². The molecule has 18 heavy (non-hydrogen) atoms. The standard InChI is InChI=1S/C15H22ClNO/c1-3-12(2)10-15(18)17-14-8-4-6-13(11-14)7-5-9-16/h4,6,8,11-12H,3,5,7,9-10H2,1-2H3,(H,17,18). The van der Waals surface area contributed by atoms with Gasteiger partial charge >= 0.3 is 0 Å². The zero-order chi connectivity index (χ0) is 13.4. The molecule has 1 aromatic rings. The van der Waals surface area contributed by atoms with E-state index in [2.05, 4.69) is 25.2 Å². The molecule has 1 unspecified atom stereocenters. The highest BCUT2D eigenvalue weighted by atomic mass is 35.5. The van der Waals surface area contributed by atoms with E-state index >= 15 is 0 Å². The molecule has 0 radical (unpaired) electrons. The minimum absolute atomic E-state index is 0.0962. The van der Waals surface area contributed by atoms with Crippen LogP contribution < -0.4 is 5.32 Å². The number of hydrogen-bond acceptors (Lipinski definition) is 1. The molecule has 1 rings (SSSR count). The van der Waals surface area contributed by atoms with Gasteiger partial charge in [-0.25, -0.2) is 0 Å². The molecular weight excluding hydrogens is 246 g/mol. The summed E-state index contributed by atoms with van der Waals surface area (Å²) < 4.78 is 0. The third-order valence-electron chi connectivity index (χ3n) is 3.04. The van der Waals surface area contributed by atoms with E-state index in [0.717, 1.165) is 24.9 Å². The third-order valence-corrected chi connectivity index (χ3v) is 3.31. The van der Waals surface area contributed by atoms with E-state index in [0.29, 0.717) is 18.2 Å². The van der Waals surface area contributed by atoms with Crippen LogP contribution in [0.15, 0.2) is 24.3 Å².